The van der Waals surface area contributed by atoms with E-state index in [-0.39, 0.29) is 0 Å². The van der Waals surface area contributed by atoms with E-state index in [2.05, 4.69) is 23.0 Å². The predicted molar refractivity (Wildman–Crippen MR) is 88.5 cm³/mol. The number of allylic oxidation sites excluding steroid dienone is 1. The Hall–Kier alpha value is -2.11. The van der Waals surface area contributed by atoms with Crippen molar-refractivity contribution in [3.63, 3.8) is 0 Å². The Labute approximate surface area is 137 Å². The van der Waals surface area contributed by atoms with Crippen LogP contribution in [-0.2, 0) is 0 Å². The first-order valence-corrected chi connectivity index (χ1v) is 8.33. The molecule has 1 aliphatic heterocycles. The van der Waals surface area contributed by atoms with E-state index in [0.29, 0.717) is 31.3 Å². The van der Waals surface area contributed by atoms with Crippen LogP contribution in [0.5, 0.6) is 5.88 Å². The average molecular weight is 319 g/mol. The highest BCUT2D eigenvalue weighted by atomic mass is 16.5. The minimum absolute atomic E-state index is 0.334. The number of hydrogen-bond acceptors (Lipinski definition) is 4. The van der Waals surface area contributed by atoms with Crippen molar-refractivity contribution in [2.45, 2.75) is 45.4 Å². The summed E-state index contributed by atoms with van der Waals surface area (Å²) in [7, 11) is 0. The molecular formula is C17H25N3O3. The lowest BCUT2D eigenvalue weighted by molar-refractivity contribution is 0.151. The van der Waals surface area contributed by atoms with Gasteiger partial charge in [-0.25, -0.2) is 14.8 Å². The van der Waals surface area contributed by atoms with Crippen molar-refractivity contribution in [2.75, 3.05) is 19.7 Å². The molecule has 0 atom stereocenters. The van der Waals surface area contributed by atoms with E-state index in [4.69, 9.17) is 4.74 Å². The summed E-state index contributed by atoms with van der Waals surface area (Å²) < 4.78 is 5.79. The third-order valence-electron chi connectivity index (χ3n) is 3.86. The number of hydrogen-bond donors (Lipinski definition) is 1. The standard InChI is InChI=1S/C17H25N3O3/c1-2-3-4-7-12-23-16-15(18-9-10-19-16)14-8-5-6-11-20(13-14)17(21)22/h8-10H,2-7,11-13H2,1H3,(H,21,22). The quantitative estimate of drug-likeness (QED) is 0.777. The lowest BCUT2D eigenvalue weighted by atomic mass is 10.1. The second-order valence-corrected chi connectivity index (χ2v) is 5.69. The average Bonchev–Trinajstić information content (AvgIpc) is 2.81. The molecular weight excluding hydrogens is 294 g/mol. The van der Waals surface area contributed by atoms with Crippen molar-refractivity contribution in [2.24, 2.45) is 0 Å². The third kappa shape index (κ3) is 5.23. The van der Waals surface area contributed by atoms with Crippen LogP contribution in [0.2, 0.25) is 0 Å². The van der Waals surface area contributed by atoms with Crippen LogP contribution in [0.25, 0.3) is 5.57 Å². The zero-order valence-electron chi connectivity index (χ0n) is 13.7. The Morgan fingerprint density at radius 1 is 1.30 bits per heavy atom. The summed E-state index contributed by atoms with van der Waals surface area (Å²) in [5, 5.41) is 9.25. The van der Waals surface area contributed by atoms with Crippen LogP contribution in [0.3, 0.4) is 0 Å². The van der Waals surface area contributed by atoms with Gasteiger partial charge in [0.1, 0.15) is 5.69 Å². The van der Waals surface area contributed by atoms with Crippen LogP contribution < -0.4 is 4.74 Å². The maximum absolute atomic E-state index is 11.3. The van der Waals surface area contributed by atoms with Gasteiger partial charge < -0.3 is 14.7 Å². The fraction of sp³-hybridized carbons (Fsp3) is 0.588. The van der Waals surface area contributed by atoms with Crippen molar-refractivity contribution in [1.29, 1.82) is 0 Å². The van der Waals surface area contributed by atoms with E-state index in [1.807, 2.05) is 0 Å². The first-order chi connectivity index (χ1) is 11.2. The Kier molecular flexibility index (Phi) is 6.84. The molecule has 6 nitrogen and oxygen atoms in total. The summed E-state index contributed by atoms with van der Waals surface area (Å²) >= 11 is 0. The van der Waals surface area contributed by atoms with Gasteiger partial charge in [0, 0.05) is 18.9 Å². The molecule has 1 N–H and O–H groups in total. The highest BCUT2D eigenvalue weighted by Crippen LogP contribution is 2.25. The number of carbonyl (C=O) groups is 1. The maximum Gasteiger partial charge on any atom is 0.407 e. The number of carboxylic acid groups (broad SMARTS) is 1. The summed E-state index contributed by atoms with van der Waals surface area (Å²) in [5.41, 5.74) is 1.54. The smallest absolute Gasteiger partial charge is 0.407 e. The number of aromatic nitrogens is 2. The zero-order valence-corrected chi connectivity index (χ0v) is 13.7. The van der Waals surface area contributed by atoms with Crippen molar-refractivity contribution >= 4 is 11.7 Å². The highest BCUT2D eigenvalue weighted by molar-refractivity contribution is 5.73. The van der Waals surface area contributed by atoms with Gasteiger partial charge in [0.05, 0.1) is 13.2 Å². The second-order valence-electron chi connectivity index (χ2n) is 5.69. The Morgan fingerprint density at radius 3 is 2.91 bits per heavy atom. The van der Waals surface area contributed by atoms with Crippen LogP contribution in [0.4, 0.5) is 4.79 Å². The largest absolute Gasteiger partial charge is 0.476 e. The molecule has 126 valence electrons. The lowest BCUT2D eigenvalue weighted by Gasteiger charge is -2.18. The third-order valence-corrected chi connectivity index (χ3v) is 3.86. The molecule has 1 aliphatic rings. The molecule has 0 radical (unpaired) electrons. The molecule has 0 unspecified atom stereocenters. The van der Waals surface area contributed by atoms with E-state index >= 15 is 0 Å². The van der Waals surface area contributed by atoms with Crippen molar-refractivity contribution in [3.8, 4) is 5.88 Å². The molecule has 2 rings (SSSR count). The molecule has 0 saturated carbocycles. The van der Waals surface area contributed by atoms with Gasteiger partial charge in [0.2, 0.25) is 5.88 Å². The minimum Gasteiger partial charge on any atom is -0.476 e. The van der Waals surface area contributed by atoms with Gasteiger partial charge in [-0.05, 0) is 24.8 Å². The summed E-state index contributed by atoms with van der Waals surface area (Å²) in [4.78, 5) is 21.3. The van der Waals surface area contributed by atoms with E-state index in [0.717, 1.165) is 31.3 Å². The number of ether oxygens (including phenoxy) is 1. The van der Waals surface area contributed by atoms with Crippen LogP contribution in [-0.4, -0.2) is 45.8 Å². The van der Waals surface area contributed by atoms with Crippen LogP contribution in [0, 0.1) is 0 Å². The number of rotatable bonds is 7. The number of unbranched alkanes of at least 4 members (excludes halogenated alkanes) is 3. The Bertz CT molecular complexity index is 546. The molecule has 6 heteroatoms. The van der Waals surface area contributed by atoms with Crippen LogP contribution in [0.15, 0.2) is 18.5 Å². The van der Waals surface area contributed by atoms with E-state index < -0.39 is 6.09 Å². The molecule has 0 saturated heterocycles. The van der Waals surface area contributed by atoms with E-state index in [1.165, 1.54) is 17.7 Å². The molecule has 0 bridgehead atoms. The summed E-state index contributed by atoms with van der Waals surface area (Å²) in [6, 6.07) is 0. The molecule has 0 fully saturated rings. The normalized spacial score (nSPS) is 15.0. The number of amides is 1. The summed E-state index contributed by atoms with van der Waals surface area (Å²) in [5.74, 6) is 0.502. The predicted octanol–water partition coefficient (Wildman–Crippen LogP) is 3.59. The van der Waals surface area contributed by atoms with Crippen LogP contribution >= 0.6 is 0 Å². The van der Waals surface area contributed by atoms with Crippen molar-refractivity contribution < 1.29 is 14.6 Å². The van der Waals surface area contributed by atoms with Gasteiger partial charge >= 0.3 is 6.09 Å². The lowest BCUT2D eigenvalue weighted by Crippen LogP contribution is -2.31. The zero-order chi connectivity index (χ0) is 16.5. The summed E-state index contributed by atoms with van der Waals surface area (Å²) in [6.07, 6.45) is 10.6. The fourth-order valence-electron chi connectivity index (χ4n) is 2.59. The maximum atomic E-state index is 11.3. The first kappa shape index (κ1) is 17.2. The van der Waals surface area contributed by atoms with Gasteiger partial charge in [0.25, 0.3) is 0 Å². The minimum atomic E-state index is -0.899. The topological polar surface area (TPSA) is 75.6 Å². The van der Waals surface area contributed by atoms with Crippen molar-refractivity contribution in [1.82, 2.24) is 14.9 Å². The SMILES string of the molecule is CCCCCCOc1nccnc1C1=CCCCN(C(=O)O)C1. The van der Waals surface area contributed by atoms with Gasteiger partial charge in [-0.1, -0.05) is 32.3 Å². The fourth-order valence-corrected chi connectivity index (χ4v) is 2.59. The molecule has 0 aromatic carbocycles. The monoisotopic (exact) mass is 319 g/mol. The molecule has 2 heterocycles. The Morgan fingerprint density at radius 2 is 2.13 bits per heavy atom. The molecule has 1 amide bonds. The van der Waals surface area contributed by atoms with E-state index in [9.17, 15) is 9.90 Å². The van der Waals surface area contributed by atoms with E-state index in [1.54, 1.807) is 12.4 Å². The molecule has 23 heavy (non-hydrogen) atoms. The molecule has 0 aliphatic carbocycles. The molecule has 1 aromatic heterocycles. The second kappa shape index (κ2) is 9.12. The van der Waals surface area contributed by atoms with Gasteiger partial charge in [0.15, 0.2) is 0 Å². The first-order valence-electron chi connectivity index (χ1n) is 8.33. The number of nitrogens with zero attached hydrogens (tertiary/aromatic N) is 3. The van der Waals surface area contributed by atoms with Gasteiger partial charge in [-0.3, -0.25) is 0 Å². The molecule has 1 aromatic rings. The van der Waals surface area contributed by atoms with Crippen LogP contribution in [0.1, 0.15) is 51.1 Å². The highest BCUT2D eigenvalue weighted by Gasteiger charge is 2.20. The Balaban J connectivity index is 2.06. The van der Waals surface area contributed by atoms with Crippen molar-refractivity contribution in [3.05, 3.63) is 24.2 Å². The van der Waals surface area contributed by atoms with Gasteiger partial charge in [-0.15, -0.1) is 0 Å². The summed E-state index contributed by atoms with van der Waals surface area (Å²) in [6.45, 7) is 3.67. The van der Waals surface area contributed by atoms with Gasteiger partial charge in [-0.2, -0.15) is 0 Å². The molecule has 0 spiro atoms.